The fraction of sp³-hybridized carbons (Fsp3) is 0.227. The Hall–Kier alpha value is -2.40. The minimum atomic E-state index is -4.34. The first-order chi connectivity index (χ1) is 12.7. The van der Waals surface area contributed by atoms with Crippen LogP contribution in [0.4, 0.5) is 13.2 Å². The third kappa shape index (κ3) is 4.86. The van der Waals surface area contributed by atoms with Gasteiger partial charge in [0.1, 0.15) is 0 Å². The summed E-state index contributed by atoms with van der Waals surface area (Å²) in [6, 6.07) is 14.8. The van der Waals surface area contributed by atoms with Gasteiger partial charge in [0.15, 0.2) is 5.78 Å². The molecule has 0 unspecified atom stereocenters. The zero-order valence-corrected chi connectivity index (χ0v) is 15.9. The maximum atomic E-state index is 12.7. The number of hydrogen-bond acceptors (Lipinski definition) is 2. The molecule has 3 aromatic rings. The van der Waals surface area contributed by atoms with Gasteiger partial charge in [-0.1, -0.05) is 41.5 Å². The van der Waals surface area contributed by atoms with Gasteiger partial charge in [0.25, 0.3) is 0 Å². The van der Waals surface area contributed by atoms with Crippen molar-refractivity contribution in [3.8, 4) is 10.4 Å². The topological polar surface area (TPSA) is 17.1 Å². The lowest BCUT2D eigenvalue weighted by Crippen LogP contribution is -2.03. The molecule has 3 rings (SSSR count). The predicted molar refractivity (Wildman–Crippen MR) is 103 cm³/mol. The normalized spacial score (nSPS) is 11.6. The van der Waals surface area contributed by atoms with Crippen LogP contribution in [0, 0.1) is 13.8 Å². The number of ketones is 1. The van der Waals surface area contributed by atoms with Crippen molar-refractivity contribution in [3.63, 3.8) is 0 Å². The fourth-order valence-corrected chi connectivity index (χ4v) is 4.04. The van der Waals surface area contributed by atoms with E-state index in [0.29, 0.717) is 23.3 Å². The van der Waals surface area contributed by atoms with Gasteiger partial charge in [0.05, 0.1) is 10.4 Å². The second-order valence-electron chi connectivity index (χ2n) is 6.66. The summed E-state index contributed by atoms with van der Waals surface area (Å²) >= 11 is 1.32. The SMILES string of the molecule is Cc1cc(C)cc(CCC(=O)c2ccc(-c3ccc(C(F)(F)F)cc3)s2)c1. The third-order valence-electron chi connectivity index (χ3n) is 4.30. The van der Waals surface area contributed by atoms with Crippen LogP contribution in [0.15, 0.2) is 54.6 Å². The molecule has 0 N–H and O–H groups in total. The molecule has 1 nitrogen and oxygen atoms in total. The Morgan fingerprint density at radius 3 is 2.15 bits per heavy atom. The largest absolute Gasteiger partial charge is 0.416 e. The first-order valence-electron chi connectivity index (χ1n) is 8.60. The highest BCUT2D eigenvalue weighted by Crippen LogP contribution is 2.33. The molecule has 2 aromatic carbocycles. The van der Waals surface area contributed by atoms with Crippen molar-refractivity contribution in [2.24, 2.45) is 0 Å². The second-order valence-corrected chi connectivity index (χ2v) is 7.74. The molecular formula is C22H19F3OS. The maximum absolute atomic E-state index is 12.7. The lowest BCUT2D eigenvalue weighted by atomic mass is 10.0. The number of carbonyl (C=O) groups excluding carboxylic acids is 1. The summed E-state index contributed by atoms with van der Waals surface area (Å²) in [5.41, 5.74) is 3.51. The summed E-state index contributed by atoms with van der Waals surface area (Å²) in [5, 5.41) is 0. The maximum Gasteiger partial charge on any atom is 0.416 e. The third-order valence-corrected chi connectivity index (χ3v) is 5.48. The molecule has 0 saturated carbocycles. The summed E-state index contributed by atoms with van der Waals surface area (Å²) in [5.74, 6) is 0.0531. The number of benzene rings is 2. The van der Waals surface area contributed by atoms with Gasteiger partial charge in [0.2, 0.25) is 0 Å². The van der Waals surface area contributed by atoms with Gasteiger partial charge >= 0.3 is 6.18 Å². The Balaban J connectivity index is 1.68. The van der Waals surface area contributed by atoms with Crippen LogP contribution in [0.2, 0.25) is 0 Å². The van der Waals surface area contributed by atoms with E-state index in [1.54, 1.807) is 12.1 Å². The van der Waals surface area contributed by atoms with Crippen LogP contribution >= 0.6 is 11.3 Å². The summed E-state index contributed by atoms with van der Waals surface area (Å²) in [6.07, 6.45) is -3.26. The summed E-state index contributed by atoms with van der Waals surface area (Å²) in [7, 11) is 0. The fourth-order valence-electron chi connectivity index (χ4n) is 3.06. The molecule has 0 atom stereocenters. The molecule has 0 saturated heterocycles. The van der Waals surface area contributed by atoms with Gasteiger partial charge < -0.3 is 0 Å². The number of rotatable bonds is 5. The number of hydrogen-bond donors (Lipinski definition) is 0. The lowest BCUT2D eigenvalue weighted by Gasteiger charge is -2.06. The van der Waals surface area contributed by atoms with Crippen molar-refractivity contribution in [3.05, 3.63) is 81.7 Å². The zero-order chi connectivity index (χ0) is 19.6. The zero-order valence-electron chi connectivity index (χ0n) is 15.1. The average molecular weight is 388 g/mol. The Bertz CT molecular complexity index is 932. The molecule has 0 bridgehead atoms. The van der Waals surface area contributed by atoms with Crippen molar-refractivity contribution in [2.75, 3.05) is 0 Å². The average Bonchev–Trinajstić information content (AvgIpc) is 3.08. The molecule has 0 aliphatic carbocycles. The van der Waals surface area contributed by atoms with E-state index in [0.717, 1.165) is 22.6 Å². The summed E-state index contributed by atoms with van der Waals surface area (Å²) < 4.78 is 38.0. The predicted octanol–water partition coefficient (Wildman–Crippen LogP) is 6.87. The van der Waals surface area contributed by atoms with Crippen LogP contribution in [0.3, 0.4) is 0 Å². The van der Waals surface area contributed by atoms with Crippen LogP contribution < -0.4 is 0 Å². The van der Waals surface area contributed by atoms with E-state index >= 15 is 0 Å². The minimum Gasteiger partial charge on any atom is -0.293 e. The van der Waals surface area contributed by atoms with Gasteiger partial charge in [0, 0.05) is 11.3 Å². The highest BCUT2D eigenvalue weighted by Gasteiger charge is 2.30. The first-order valence-corrected chi connectivity index (χ1v) is 9.42. The van der Waals surface area contributed by atoms with Crippen LogP contribution in [0.1, 0.15) is 38.3 Å². The minimum absolute atomic E-state index is 0.0531. The monoisotopic (exact) mass is 388 g/mol. The standard InChI is InChI=1S/C22H19F3OS/c1-14-11-15(2)13-16(12-14)3-8-19(26)21-10-9-20(27-21)17-4-6-18(7-5-17)22(23,24)25/h4-7,9-13H,3,8H2,1-2H3. The van der Waals surface area contributed by atoms with Gasteiger partial charge in [-0.3, -0.25) is 4.79 Å². The molecule has 0 amide bonds. The number of Topliss-reactive ketones (excluding diaryl/α,β-unsaturated/α-hetero) is 1. The van der Waals surface area contributed by atoms with Crippen LogP contribution in [0.5, 0.6) is 0 Å². The molecule has 0 aliphatic heterocycles. The molecule has 0 fully saturated rings. The van der Waals surface area contributed by atoms with Crippen molar-refractivity contribution in [2.45, 2.75) is 32.9 Å². The number of carbonyl (C=O) groups is 1. The van der Waals surface area contributed by atoms with E-state index in [1.165, 1.54) is 34.6 Å². The van der Waals surface area contributed by atoms with Crippen molar-refractivity contribution < 1.29 is 18.0 Å². The number of aryl methyl sites for hydroxylation is 3. The molecular weight excluding hydrogens is 369 g/mol. The molecule has 140 valence electrons. The Kier molecular flexibility index (Phi) is 5.51. The van der Waals surface area contributed by atoms with Crippen LogP contribution in [-0.4, -0.2) is 5.78 Å². The smallest absolute Gasteiger partial charge is 0.293 e. The molecule has 1 heterocycles. The van der Waals surface area contributed by atoms with Crippen molar-refractivity contribution >= 4 is 17.1 Å². The van der Waals surface area contributed by atoms with Crippen molar-refractivity contribution in [1.29, 1.82) is 0 Å². The van der Waals surface area contributed by atoms with Gasteiger partial charge in [-0.25, -0.2) is 0 Å². The highest BCUT2D eigenvalue weighted by atomic mass is 32.1. The van der Waals surface area contributed by atoms with E-state index < -0.39 is 11.7 Å². The van der Waals surface area contributed by atoms with Gasteiger partial charge in [-0.15, -0.1) is 11.3 Å². The Labute approximate surface area is 160 Å². The summed E-state index contributed by atoms with van der Waals surface area (Å²) in [6.45, 7) is 4.07. The van der Waals surface area contributed by atoms with Crippen LogP contribution in [-0.2, 0) is 12.6 Å². The molecule has 0 radical (unpaired) electrons. The molecule has 27 heavy (non-hydrogen) atoms. The second kappa shape index (κ2) is 7.69. The van der Waals surface area contributed by atoms with E-state index in [-0.39, 0.29) is 5.78 Å². The molecule has 5 heteroatoms. The highest BCUT2D eigenvalue weighted by molar-refractivity contribution is 7.17. The number of thiophene rings is 1. The first kappa shape index (κ1) is 19.4. The van der Waals surface area contributed by atoms with Gasteiger partial charge in [-0.05, 0) is 55.7 Å². The van der Waals surface area contributed by atoms with E-state index in [9.17, 15) is 18.0 Å². The van der Waals surface area contributed by atoms with E-state index in [4.69, 9.17) is 0 Å². The van der Waals surface area contributed by atoms with Crippen molar-refractivity contribution in [1.82, 2.24) is 0 Å². The quantitative estimate of drug-likeness (QED) is 0.436. The lowest BCUT2D eigenvalue weighted by molar-refractivity contribution is -0.137. The van der Waals surface area contributed by atoms with Gasteiger partial charge in [-0.2, -0.15) is 13.2 Å². The number of alkyl halides is 3. The Morgan fingerprint density at radius 1 is 0.926 bits per heavy atom. The van der Waals surface area contributed by atoms with E-state index in [1.807, 2.05) is 13.8 Å². The number of halogens is 3. The molecule has 1 aromatic heterocycles. The van der Waals surface area contributed by atoms with Crippen LogP contribution in [0.25, 0.3) is 10.4 Å². The molecule has 0 aliphatic rings. The molecule has 0 spiro atoms. The summed E-state index contributed by atoms with van der Waals surface area (Å²) in [4.78, 5) is 13.9. The van der Waals surface area contributed by atoms with E-state index in [2.05, 4.69) is 18.2 Å². The Morgan fingerprint density at radius 2 is 1.56 bits per heavy atom.